The number of rotatable bonds is 6. The lowest BCUT2D eigenvalue weighted by Crippen LogP contribution is -2.38. The van der Waals surface area contributed by atoms with Gasteiger partial charge in [0, 0.05) is 0 Å². The van der Waals surface area contributed by atoms with E-state index in [1.54, 1.807) is 12.1 Å². The minimum absolute atomic E-state index is 0.0279. The predicted molar refractivity (Wildman–Crippen MR) is 66.1 cm³/mol. The van der Waals surface area contributed by atoms with Crippen LogP contribution in [0.5, 0.6) is 5.75 Å². The van der Waals surface area contributed by atoms with E-state index >= 15 is 0 Å². The van der Waals surface area contributed by atoms with E-state index in [-0.39, 0.29) is 18.1 Å². The molecule has 5 nitrogen and oxygen atoms in total. The summed E-state index contributed by atoms with van der Waals surface area (Å²) in [6, 6.07) is 5.80. The molecule has 5 heteroatoms. The summed E-state index contributed by atoms with van der Waals surface area (Å²) in [5, 5.41) is 20.7. The largest absolute Gasteiger partial charge is 0.508 e. The Bertz CT molecular complexity index is 400. The Hall–Kier alpha value is -1.88. The number of hydrogen-bond donors (Lipinski definition) is 3. The van der Waals surface area contributed by atoms with Crippen molar-refractivity contribution in [3.05, 3.63) is 29.8 Å². The fourth-order valence-corrected chi connectivity index (χ4v) is 1.55. The summed E-state index contributed by atoms with van der Waals surface area (Å²) < 4.78 is 0. The molecule has 0 radical (unpaired) electrons. The Morgan fingerprint density at radius 3 is 2.50 bits per heavy atom. The molecular formula is C13H17NO4. The fraction of sp³-hybridized carbons (Fsp3) is 0.385. The molecule has 0 heterocycles. The van der Waals surface area contributed by atoms with Gasteiger partial charge < -0.3 is 20.3 Å². The molecule has 0 aliphatic rings. The molecule has 98 valence electrons. The van der Waals surface area contributed by atoms with Crippen LogP contribution in [-0.4, -0.2) is 34.6 Å². The fourth-order valence-electron chi connectivity index (χ4n) is 1.55. The van der Waals surface area contributed by atoms with Gasteiger partial charge in [0.1, 0.15) is 12.0 Å². The molecule has 1 aromatic rings. The van der Waals surface area contributed by atoms with Gasteiger partial charge in [-0.1, -0.05) is 12.1 Å². The standard InChI is InChI=1S/C13H17NO4/c1-9(16)6-13(18)14-11(8-15)7-10-2-4-12(17)5-3-10/h2-5,8-9,11,16-17H,6-7H2,1H3,(H,14,18). The molecule has 1 rings (SSSR count). The molecule has 0 aromatic heterocycles. The average Bonchev–Trinajstić information content (AvgIpc) is 2.30. The zero-order chi connectivity index (χ0) is 13.5. The number of aliphatic hydroxyl groups excluding tert-OH is 1. The third-order valence-electron chi connectivity index (χ3n) is 2.38. The van der Waals surface area contributed by atoms with Crippen molar-refractivity contribution in [3.63, 3.8) is 0 Å². The highest BCUT2D eigenvalue weighted by atomic mass is 16.3. The molecule has 2 unspecified atom stereocenters. The SMILES string of the molecule is CC(O)CC(=O)NC(C=O)Cc1ccc(O)cc1. The minimum atomic E-state index is -0.731. The molecule has 2 atom stereocenters. The van der Waals surface area contributed by atoms with Gasteiger partial charge in [-0.2, -0.15) is 0 Å². The summed E-state index contributed by atoms with van der Waals surface area (Å²) in [6.07, 6.45) is 0.258. The summed E-state index contributed by atoms with van der Waals surface area (Å²) in [7, 11) is 0. The summed E-state index contributed by atoms with van der Waals surface area (Å²) >= 11 is 0. The molecule has 0 saturated carbocycles. The first-order valence-corrected chi connectivity index (χ1v) is 5.72. The van der Waals surface area contributed by atoms with E-state index in [0.717, 1.165) is 5.56 Å². The van der Waals surface area contributed by atoms with E-state index < -0.39 is 12.1 Å². The van der Waals surface area contributed by atoms with E-state index in [1.165, 1.54) is 19.1 Å². The van der Waals surface area contributed by atoms with Gasteiger partial charge in [-0.25, -0.2) is 0 Å². The maximum atomic E-state index is 11.4. The molecule has 0 aliphatic carbocycles. The van der Waals surface area contributed by atoms with Crippen LogP contribution in [0.4, 0.5) is 0 Å². The maximum Gasteiger partial charge on any atom is 0.223 e. The normalized spacial score (nSPS) is 13.7. The minimum Gasteiger partial charge on any atom is -0.508 e. The molecule has 1 amide bonds. The van der Waals surface area contributed by atoms with Gasteiger partial charge >= 0.3 is 0 Å². The number of amides is 1. The number of hydrogen-bond acceptors (Lipinski definition) is 4. The third-order valence-corrected chi connectivity index (χ3v) is 2.38. The van der Waals surface area contributed by atoms with Crippen molar-refractivity contribution < 1.29 is 19.8 Å². The summed E-state index contributed by atoms with van der Waals surface area (Å²) in [5.41, 5.74) is 0.835. The van der Waals surface area contributed by atoms with Crippen LogP contribution in [0.3, 0.4) is 0 Å². The molecule has 1 aromatic carbocycles. The Balaban J connectivity index is 2.54. The second-order valence-electron chi connectivity index (χ2n) is 4.23. The lowest BCUT2D eigenvalue weighted by atomic mass is 10.1. The Labute approximate surface area is 105 Å². The number of aldehydes is 1. The molecule has 0 bridgehead atoms. The van der Waals surface area contributed by atoms with Crippen LogP contribution in [0, 0.1) is 0 Å². The zero-order valence-corrected chi connectivity index (χ0v) is 10.2. The highest BCUT2D eigenvalue weighted by Gasteiger charge is 2.13. The van der Waals surface area contributed by atoms with Crippen LogP contribution >= 0.6 is 0 Å². The van der Waals surface area contributed by atoms with Crippen molar-refractivity contribution in [2.24, 2.45) is 0 Å². The van der Waals surface area contributed by atoms with E-state index in [9.17, 15) is 9.59 Å². The number of nitrogens with one attached hydrogen (secondary N) is 1. The predicted octanol–water partition coefficient (Wildman–Crippen LogP) is 0.389. The number of aliphatic hydroxyl groups is 1. The highest BCUT2D eigenvalue weighted by Crippen LogP contribution is 2.11. The second kappa shape index (κ2) is 6.76. The highest BCUT2D eigenvalue weighted by molar-refractivity contribution is 5.80. The summed E-state index contributed by atoms with van der Waals surface area (Å²) in [6.45, 7) is 1.51. The Morgan fingerprint density at radius 1 is 1.39 bits per heavy atom. The van der Waals surface area contributed by atoms with E-state index in [1.807, 2.05) is 0 Å². The molecule has 0 aliphatic heterocycles. The molecule has 0 fully saturated rings. The number of carbonyl (C=O) groups excluding carboxylic acids is 2. The van der Waals surface area contributed by atoms with Gasteiger partial charge in [-0.3, -0.25) is 4.79 Å². The molecule has 0 saturated heterocycles. The van der Waals surface area contributed by atoms with Crippen LogP contribution in [0.15, 0.2) is 24.3 Å². The quantitative estimate of drug-likeness (QED) is 0.638. The maximum absolute atomic E-state index is 11.4. The van der Waals surface area contributed by atoms with Crippen molar-refractivity contribution in [1.82, 2.24) is 5.32 Å². The van der Waals surface area contributed by atoms with Crippen LogP contribution < -0.4 is 5.32 Å². The van der Waals surface area contributed by atoms with Crippen molar-refractivity contribution in [2.75, 3.05) is 0 Å². The van der Waals surface area contributed by atoms with Gasteiger partial charge in [-0.15, -0.1) is 0 Å². The van der Waals surface area contributed by atoms with Crippen molar-refractivity contribution in [3.8, 4) is 5.75 Å². The van der Waals surface area contributed by atoms with Gasteiger partial charge in [0.15, 0.2) is 0 Å². The van der Waals surface area contributed by atoms with Crippen molar-refractivity contribution in [1.29, 1.82) is 0 Å². The van der Waals surface area contributed by atoms with Crippen molar-refractivity contribution in [2.45, 2.75) is 31.9 Å². The Kier molecular flexibility index (Phi) is 5.32. The number of phenolic OH excluding ortho intramolecular Hbond substituents is 1. The third kappa shape index (κ3) is 4.97. The van der Waals surface area contributed by atoms with Crippen LogP contribution in [0.25, 0.3) is 0 Å². The first-order chi connectivity index (χ1) is 8.51. The topological polar surface area (TPSA) is 86.6 Å². The lowest BCUT2D eigenvalue weighted by Gasteiger charge is -2.13. The molecular weight excluding hydrogens is 234 g/mol. The summed E-state index contributed by atoms with van der Waals surface area (Å²) in [5.74, 6) is -0.208. The van der Waals surface area contributed by atoms with E-state index in [0.29, 0.717) is 12.7 Å². The molecule has 18 heavy (non-hydrogen) atoms. The van der Waals surface area contributed by atoms with Crippen LogP contribution in [0.1, 0.15) is 18.9 Å². The summed E-state index contributed by atoms with van der Waals surface area (Å²) in [4.78, 5) is 22.3. The Morgan fingerprint density at radius 2 is 2.00 bits per heavy atom. The molecule has 0 spiro atoms. The van der Waals surface area contributed by atoms with Gasteiger partial charge in [-0.05, 0) is 31.0 Å². The first-order valence-electron chi connectivity index (χ1n) is 5.72. The number of phenols is 1. The van der Waals surface area contributed by atoms with Crippen molar-refractivity contribution >= 4 is 12.2 Å². The first kappa shape index (κ1) is 14.2. The lowest BCUT2D eigenvalue weighted by molar-refractivity contribution is -0.125. The second-order valence-corrected chi connectivity index (χ2v) is 4.23. The van der Waals surface area contributed by atoms with E-state index in [4.69, 9.17) is 10.2 Å². The molecule has 3 N–H and O–H groups in total. The number of benzene rings is 1. The average molecular weight is 251 g/mol. The zero-order valence-electron chi connectivity index (χ0n) is 10.2. The van der Waals surface area contributed by atoms with Gasteiger partial charge in [0.25, 0.3) is 0 Å². The van der Waals surface area contributed by atoms with Crippen LogP contribution in [-0.2, 0) is 16.0 Å². The van der Waals surface area contributed by atoms with Gasteiger partial charge in [0.2, 0.25) is 5.91 Å². The monoisotopic (exact) mass is 251 g/mol. The van der Waals surface area contributed by atoms with Gasteiger partial charge in [0.05, 0.1) is 18.6 Å². The van der Waals surface area contributed by atoms with Crippen LogP contribution in [0.2, 0.25) is 0 Å². The number of aromatic hydroxyl groups is 1. The smallest absolute Gasteiger partial charge is 0.223 e. The number of carbonyl (C=O) groups is 2. The van der Waals surface area contributed by atoms with E-state index in [2.05, 4.69) is 5.32 Å².